The average Bonchev–Trinajstić information content (AvgIpc) is 2.64. The first-order chi connectivity index (χ1) is 14.1. The molecule has 10 N–H and O–H groups in total. The molecule has 0 atom stereocenters. The van der Waals surface area contributed by atoms with Gasteiger partial charge in [-0.2, -0.15) is 0 Å². The van der Waals surface area contributed by atoms with Crippen LogP contribution < -0.4 is 0 Å². The molecule has 2 aromatic carbocycles. The van der Waals surface area contributed by atoms with Crippen LogP contribution in [0.4, 0.5) is 0 Å². The molecule has 0 aliphatic rings. The van der Waals surface area contributed by atoms with Gasteiger partial charge in [0.05, 0.1) is 13.1 Å². The molecule has 0 radical (unpaired) electrons. The molecule has 0 heterocycles. The van der Waals surface area contributed by atoms with Crippen LogP contribution in [0.25, 0.3) is 0 Å². The summed E-state index contributed by atoms with van der Waals surface area (Å²) in [4.78, 5) is 25.9. The minimum Gasteiger partial charge on any atom is -0.508 e. The highest BCUT2D eigenvalue weighted by Crippen LogP contribution is 2.21. The number of halogens is 1. The predicted molar refractivity (Wildman–Crippen MR) is 130 cm³/mol. The SMILES string of the molecule is Cc1ccc(O)c(CN(CCN(CC(=O)O)Cc2cc(C)ccc2O)CC(=O)O)c1.Cl.O.O.O. The zero-order valence-corrected chi connectivity index (χ0v) is 19.9. The van der Waals surface area contributed by atoms with Crippen molar-refractivity contribution in [2.75, 3.05) is 26.2 Å². The summed E-state index contributed by atoms with van der Waals surface area (Å²) in [6.45, 7) is 4.26. The standard InChI is InChI=1S/C22H28N2O6.ClH.3H2O/c1-15-3-5-19(25)17(9-15)11-23(13-21(27)28)7-8-24(14-22(29)30)12-18-10-16(2)4-6-20(18)26;;;;/h3-6,9-10,25-26H,7-8,11-14H2,1-2H3,(H,27,28)(H,29,30);1H;3*1H2. The van der Waals surface area contributed by atoms with Crippen LogP contribution in [0.5, 0.6) is 11.5 Å². The normalized spacial score (nSPS) is 9.88. The van der Waals surface area contributed by atoms with E-state index in [-0.39, 0.29) is 79.6 Å². The average molecular weight is 507 g/mol. The topological polar surface area (TPSA) is 216 Å². The Morgan fingerprint density at radius 2 is 1.03 bits per heavy atom. The summed E-state index contributed by atoms with van der Waals surface area (Å²) >= 11 is 0. The van der Waals surface area contributed by atoms with Gasteiger partial charge < -0.3 is 36.9 Å². The summed E-state index contributed by atoms with van der Waals surface area (Å²) in [5.74, 6) is -1.85. The maximum atomic E-state index is 11.3. The van der Waals surface area contributed by atoms with Crippen LogP contribution in [0.3, 0.4) is 0 Å². The zero-order chi connectivity index (χ0) is 22.3. The molecule has 2 rings (SSSR count). The van der Waals surface area contributed by atoms with Gasteiger partial charge in [-0.3, -0.25) is 19.4 Å². The molecular formula is C22H35ClN2O9. The Labute approximate surface area is 204 Å². The van der Waals surface area contributed by atoms with Gasteiger partial charge in [0.15, 0.2) is 0 Å². The van der Waals surface area contributed by atoms with Crippen molar-refractivity contribution in [1.82, 2.24) is 9.80 Å². The van der Waals surface area contributed by atoms with Crippen LogP contribution in [-0.2, 0) is 22.7 Å². The van der Waals surface area contributed by atoms with Gasteiger partial charge in [-0.1, -0.05) is 35.4 Å². The number of hydrogen-bond donors (Lipinski definition) is 4. The lowest BCUT2D eigenvalue weighted by Gasteiger charge is -2.26. The number of nitrogens with zero attached hydrogens (tertiary/aromatic N) is 2. The van der Waals surface area contributed by atoms with Crippen molar-refractivity contribution in [3.05, 3.63) is 58.7 Å². The molecule has 0 aliphatic carbocycles. The molecule has 0 unspecified atom stereocenters. The first-order valence-corrected chi connectivity index (χ1v) is 9.59. The maximum absolute atomic E-state index is 11.3. The van der Waals surface area contributed by atoms with Gasteiger partial charge in [0.25, 0.3) is 0 Å². The highest BCUT2D eigenvalue weighted by molar-refractivity contribution is 5.85. The summed E-state index contributed by atoms with van der Waals surface area (Å²) in [6.07, 6.45) is 0. The minimum absolute atomic E-state index is 0. The number of aliphatic carboxylic acids is 2. The Morgan fingerprint density at radius 1 is 0.706 bits per heavy atom. The summed E-state index contributed by atoms with van der Waals surface area (Å²) in [6, 6.07) is 10.3. The summed E-state index contributed by atoms with van der Waals surface area (Å²) in [7, 11) is 0. The molecule has 12 heteroatoms. The molecule has 0 spiro atoms. The van der Waals surface area contributed by atoms with Crippen LogP contribution in [0.1, 0.15) is 22.3 Å². The summed E-state index contributed by atoms with van der Waals surface area (Å²) in [5, 5.41) is 38.7. The van der Waals surface area contributed by atoms with Crippen molar-refractivity contribution in [3.63, 3.8) is 0 Å². The molecule has 0 fully saturated rings. The van der Waals surface area contributed by atoms with Gasteiger partial charge in [0.1, 0.15) is 11.5 Å². The highest BCUT2D eigenvalue weighted by atomic mass is 35.5. The van der Waals surface area contributed by atoms with E-state index in [0.717, 1.165) is 11.1 Å². The number of aryl methyl sites for hydroxylation is 2. The molecule has 2 aromatic rings. The number of hydrogen-bond acceptors (Lipinski definition) is 6. The second-order valence-electron chi connectivity index (χ2n) is 7.47. The fourth-order valence-electron chi connectivity index (χ4n) is 3.26. The Morgan fingerprint density at radius 3 is 1.32 bits per heavy atom. The van der Waals surface area contributed by atoms with Crippen molar-refractivity contribution < 1.29 is 46.4 Å². The van der Waals surface area contributed by atoms with E-state index in [4.69, 9.17) is 0 Å². The number of carboxylic acid groups (broad SMARTS) is 2. The van der Waals surface area contributed by atoms with Gasteiger partial charge in [0, 0.05) is 37.3 Å². The molecule has 34 heavy (non-hydrogen) atoms. The monoisotopic (exact) mass is 506 g/mol. The van der Waals surface area contributed by atoms with Crippen LogP contribution in [0, 0.1) is 13.8 Å². The van der Waals surface area contributed by atoms with Crippen molar-refractivity contribution in [3.8, 4) is 11.5 Å². The molecule has 0 saturated carbocycles. The summed E-state index contributed by atoms with van der Waals surface area (Å²) < 4.78 is 0. The first kappa shape index (κ1) is 35.7. The molecule has 0 saturated heterocycles. The van der Waals surface area contributed by atoms with Crippen LogP contribution in [0.15, 0.2) is 36.4 Å². The number of rotatable bonds is 11. The number of phenols is 2. The molecule has 0 aromatic heterocycles. The van der Waals surface area contributed by atoms with E-state index < -0.39 is 11.9 Å². The molecule has 0 amide bonds. The lowest BCUT2D eigenvalue weighted by molar-refractivity contribution is -0.140. The lowest BCUT2D eigenvalue weighted by atomic mass is 10.1. The van der Waals surface area contributed by atoms with Crippen LogP contribution >= 0.6 is 12.4 Å². The van der Waals surface area contributed by atoms with Crippen LogP contribution in [-0.4, -0.2) is 84.8 Å². The first-order valence-electron chi connectivity index (χ1n) is 9.59. The number of benzene rings is 2. The van der Waals surface area contributed by atoms with Crippen molar-refractivity contribution in [1.29, 1.82) is 0 Å². The number of aromatic hydroxyl groups is 2. The quantitative estimate of drug-likeness (QED) is 0.327. The molecule has 194 valence electrons. The largest absolute Gasteiger partial charge is 0.508 e. The maximum Gasteiger partial charge on any atom is 0.317 e. The fourth-order valence-corrected chi connectivity index (χ4v) is 3.26. The second-order valence-corrected chi connectivity index (χ2v) is 7.47. The van der Waals surface area contributed by atoms with E-state index in [2.05, 4.69) is 0 Å². The number of carbonyl (C=O) groups is 2. The minimum atomic E-state index is -1.01. The van der Waals surface area contributed by atoms with Gasteiger partial charge in [-0.05, 0) is 26.0 Å². The predicted octanol–water partition coefficient (Wildman–Crippen LogP) is 0.136. The van der Waals surface area contributed by atoms with Gasteiger partial charge >= 0.3 is 11.9 Å². The number of phenolic OH excluding ortho intramolecular Hbond substituents is 2. The third-order valence-corrected chi connectivity index (χ3v) is 4.71. The van der Waals surface area contributed by atoms with E-state index in [1.165, 1.54) is 0 Å². The Kier molecular flexibility index (Phi) is 17.5. The Bertz CT molecular complexity index is 838. The number of carboxylic acids is 2. The van der Waals surface area contributed by atoms with Gasteiger partial charge in [0.2, 0.25) is 0 Å². The van der Waals surface area contributed by atoms with E-state index in [9.17, 15) is 30.0 Å². The van der Waals surface area contributed by atoms with Crippen molar-refractivity contribution in [2.45, 2.75) is 26.9 Å². The van der Waals surface area contributed by atoms with Crippen molar-refractivity contribution >= 4 is 24.3 Å². The van der Waals surface area contributed by atoms with Gasteiger partial charge in [-0.15, -0.1) is 12.4 Å². The fraction of sp³-hybridized carbons (Fsp3) is 0.364. The van der Waals surface area contributed by atoms with E-state index in [1.54, 1.807) is 46.2 Å². The lowest BCUT2D eigenvalue weighted by Crippen LogP contribution is -2.39. The smallest absolute Gasteiger partial charge is 0.317 e. The van der Waals surface area contributed by atoms with E-state index >= 15 is 0 Å². The highest BCUT2D eigenvalue weighted by Gasteiger charge is 2.17. The molecule has 11 nitrogen and oxygen atoms in total. The van der Waals surface area contributed by atoms with Gasteiger partial charge in [-0.25, -0.2) is 0 Å². The third-order valence-electron chi connectivity index (χ3n) is 4.71. The second kappa shape index (κ2) is 16.6. The van der Waals surface area contributed by atoms with Crippen LogP contribution in [0.2, 0.25) is 0 Å². The zero-order valence-electron chi connectivity index (χ0n) is 19.1. The van der Waals surface area contributed by atoms with Crippen molar-refractivity contribution in [2.24, 2.45) is 0 Å². The Balaban J connectivity index is -0.00000240. The summed E-state index contributed by atoms with van der Waals surface area (Å²) in [5.41, 5.74) is 3.11. The molecular weight excluding hydrogens is 472 g/mol. The molecule has 0 bridgehead atoms. The molecule has 0 aliphatic heterocycles. The van der Waals surface area contributed by atoms with E-state index in [0.29, 0.717) is 11.1 Å². The van der Waals surface area contributed by atoms with E-state index in [1.807, 2.05) is 13.8 Å². The Hall–Kier alpha value is -2.93. The third kappa shape index (κ3) is 11.8.